The van der Waals surface area contributed by atoms with Crippen molar-refractivity contribution in [3.8, 4) is 11.5 Å². The SMILES string of the molecule is COc1ccccc1NC(=O)COc1ccc(/C=C2\SC(=O)N(CC(=O)c3ccc([N+](=O)[O-])cc3)C2=O)cc1. The molecule has 12 heteroatoms. The first-order valence-corrected chi connectivity index (χ1v) is 12.3. The number of hydrogen-bond acceptors (Lipinski definition) is 9. The first-order valence-electron chi connectivity index (χ1n) is 11.4. The fraction of sp³-hybridized carbons (Fsp3) is 0.111. The molecule has 3 aromatic carbocycles. The molecule has 0 atom stereocenters. The minimum atomic E-state index is -0.617. The number of imide groups is 1. The molecule has 198 valence electrons. The van der Waals surface area contributed by atoms with Gasteiger partial charge < -0.3 is 14.8 Å². The number of nitro groups is 1. The molecule has 3 amide bonds. The van der Waals surface area contributed by atoms with Crippen LogP contribution < -0.4 is 14.8 Å². The van der Waals surface area contributed by atoms with Gasteiger partial charge in [-0.25, -0.2) is 0 Å². The highest BCUT2D eigenvalue weighted by Gasteiger charge is 2.36. The number of nitro benzene ring substituents is 1. The number of ketones is 1. The maximum absolute atomic E-state index is 12.8. The smallest absolute Gasteiger partial charge is 0.293 e. The van der Waals surface area contributed by atoms with E-state index in [4.69, 9.17) is 9.47 Å². The van der Waals surface area contributed by atoms with Crippen molar-refractivity contribution in [3.05, 3.63) is 98.9 Å². The first-order chi connectivity index (χ1) is 18.7. The number of carbonyl (C=O) groups is 4. The second-order valence-corrected chi connectivity index (χ2v) is 9.09. The van der Waals surface area contributed by atoms with Crippen LogP contribution in [-0.4, -0.2) is 52.9 Å². The summed E-state index contributed by atoms with van der Waals surface area (Å²) in [5.41, 5.74) is 1.10. The Bertz CT molecular complexity index is 1470. The Morgan fingerprint density at radius 2 is 1.72 bits per heavy atom. The summed E-state index contributed by atoms with van der Waals surface area (Å²) in [5, 5.41) is 12.9. The number of para-hydroxylation sites is 2. The van der Waals surface area contributed by atoms with Gasteiger partial charge >= 0.3 is 0 Å². The van der Waals surface area contributed by atoms with Crippen LogP contribution in [0.1, 0.15) is 15.9 Å². The Balaban J connectivity index is 1.33. The summed E-state index contributed by atoms with van der Waals surface area (Å²) in [4.78, 5) is 61.1. The summed E-state index contributed by atoms with van der Waals surface area (Å²) in [5.74, 6) is -0.571. The molecule has 1 aliphatic rings. The molecule has 0 radical (unpaired) electrons. The van der Waals surface area contributed by atoms with Gasteiger partial charge in [-0.1, -0.05) is 24.3 Å². The van der Waals surface area contributed by atoms with Gasteiger partial charge in [-0.2, -0.15) is 0 Å². The number of non-ortho nitro benzene ring substituents is 1. The van der Waals surface area contributed by atoms with E-state index in [1.54, 1.807) is 48.5 Å². The van der Waals surface area contributed by atoms with Crippen LogP contribution >= 0.6 is 11.8 Å². The quantitative estimate of drug-likeness (QED) is 0.167. The lowest BCUT2D eigenvalue weighted by molar-refractivity contribution is -0.384. The van der Waals surface area contributed by atoms with Gasteiger partial charge in [0.05, 0.1) is 29.2 Å². The monoisotopic (exact) mass is 547 g/mol. The molecular weight excluding hydrogens is 526 g/mol. The van der Waals surface area contributed by atoms with Crippen LogP contribution in [0.4, 0.5) is 16.2 Å². The van der Waals surface area contributed by atoms with Crippen molar-refractivity contribution in [1.82, 2.24) is 4.90 Å². The van der Waals surface area contributed by atoms with Crippen molar-refractivity contribution in [2.75, 3.05) is 25.6 Å². The third kappa shape index (κ3) is 6.67. The number of thioether (sulfide) groups is 1. The lowest BCUT2D eigenvalue weighted by atomic mass is 10.1. The lowest BCUT2D eigenvalue weighted by Gasteiger charge is -2.11. The maximum Gasteiger partial charge on any atom is 0.293 e. The van der Waals surface area contributed by atoms with Gasteiger partial charge in [0, 0.05) is 17.7 Å². The normalized spacial score (nSPS) is 13.9. The largest absolute Gasteiger partial charge is 0.495 e. The molecule has 1 saturated heterocycles. The molecule has 3 aromatic rings. The van der Waals surface area contributed by atoms with Crippen molar-refractivity contribution in [3.63, 3.8) is 0 Å². The molecule has 11 nitrogen and oxygen atoms in total. The zero-order valence-electron chi connectivity index (χ0n) is 20.5. The van der Waals surface area contributed by atoms with Crippen LogP contribution in [0.2, 0.25) is 0 Å². The number of carbonyl (C=O) groups excluding carboxylic acids is 4. The third-order valence-corrected chi connectivity index (χ3v) is 6.41. The zero-order chi connectivity index (χ0) is 27.9. The molecule has 0 saturated carbocycles. The van der Waals surface area contributed by atoms with E-state index in [1.807, 2.05) is 0 Å². The Labute approximate surface area is 226 Å². The molecule has 1 fully saturated rings. The molecule has 0 bridgehead atoms. The van der Waals surface area contributed by atoms with Crippen LogP contribution in [0.5, 0.6) is 11.5 Å². The topological polar surface area (TPSA) is 145 Å². The Morgan fingerprint density at radius 3 is 2.38 bits per heavy atom. The van der Waals surface area contributed by atoms with E-state index in [0.717, 1.165) is 4.90 Å². The fourth-order valence-electron chi connectivity index (χ4n) is 3.53. The van der Waals surface area contributed by atoms with Gasteiger partial charge in [0.25, 0.3) is 22.7 Å². The molecule has 1 N–H and O–H groups in total. The highest BCUT2D eigenvalue weighted by molar-refractivity contribution is 8.18. The molecule has 4 rings (SSSR count). The summed E-state index contributed by atoms with van der Waals surface area (Å²) in [6.45, 7) is -0.720. The van der Waals surface area contributed by atoms with E-state index in [9.17, 15) is 29.3 Å². The van der Waals surface area contributed by atoms with Gasteiger partial charge in [-0.15, -0.1) is 0 Å². The predicted molar refractivity (Wildman–Crippen MR) is 144 cm³/mol. The summed E-state index contributed by atoms with van der Waals surface area (Å²) in [7, 11) is 1.50. The number of hydrogen-bond donors (Lipinski definition) is 1. The average Bonchev–Trinajstić information content (AvgIpc) is 3.20. The van der Waals surface area contributed by atoms with E-state index in [0.29, 0.717) is 34.5 Å². The fourth-order valence-corrected chi connectivity index (χ4v) is 4.37. The van der Waals surface area contributed by atoms with Crippen molar-refractivity contribution in [2.24, 2.45) is 0 Å². The summed E-state index contributed by atoms with van der Waals surface area (Å²) >= 11 is 0.705. The Kier molecular flexibility index (Phi) is 8.37. The molecule has 0 aliphatic carbocycles. The van der Waals surface area contributed by atoms with Gasteiger partial charge in [-0.05, 0) is 59.8 Å². The van der Waals surface area contributed by atoms with E-state index < -0.39 is 28.4 Å². The molecule has 39 heavy (non-hydrogen) atoms. The van der Waals surface area contributed by atoms with Crippen LogP contribution in [0, 0.1) is 10.1 Å². The standard InChI is InChI=1S/C27H21N3O8S/c1-37-23-5-3-2-4-21(23)28-25(32)16-38-20-12-6-17(7-13-20)14-24-26(33)29(27(34)39-24)15-22(31)18-8-10-19(11-9-18)30(35)36/h2-14H,15-16H2,1H3,(H,28,32)/b24-14-. The molecule has 1 heterocycles. The van der Waals surface area contributed by atoms with E-state index in [1.165, 1.54) is 37.5 Å². The van der Waals surface area contributed by atoms with Crippen LogP contribution in [0.15, 0.2) is 77.7 Å². The van der Waals surface area contributed by atoms with Crippen molar-refractivity contribution < 1.29 is 33.6 Å². The second kappa shape index (κ2) is 12.0. The molecule has 0 unspecified atom stereocenters. The van der Waals surface area contributed by atoms with E-state index in [2.05, 4.69) is 5.32 Å². The predicted octanol–water partition coefficient (Wildman–Crippen LogP) is 4.54. The minimum absolute atomic E-state index is 0.140. The number of rotatable bonds is 10. The summed E-state index contributed by atoms with van der Waals surface area (Å²) in [6.07, 6.45) is 1.51. The highest BCUT2D eigenvalue weighted by Crippen LogP contribution is 2.32. The van der Waals surface area contributed by atoms with E-state index in [-0.39, 0.29) is 28.7 Å². The number of Topliss-reactive ketones (excluding diaryl/α,β-unsaturated/α-hetero) is 1. The number of methoxy groups -OCH3 is 1. The lowest BCUT2D eigenvalue weighted by Crippen LogP contribution is -2.33. The molecule has 0 aromatic heterocycles. The van der Waals surface area contributed by atoms with E-state index >= 15 is 0 Å². The minimum Gasteiger partial charge on any atom is -0.495 e. The number of amides is 3. The van der Waals surface area contributed by atoms with Crippen LogP contribution in [-0.2, 0) is 9.59 Å². The van der Waals surface area contributed by atoms with Gasteiger partial charge in [-0.3, -0.25) is 34.2 Å². The Morgan fingerprint density at radius 1 is 1.03 bits per heavy atom. The number of benzene rings is 3. The average molecular weight is 548 g/mol. The third-order valence-electron chi connectivity index (χ3n) is 5.50. The molecular formula is C27H21N3O8S. The van der Waals surface area contributed by atoms with Crippen molar-refractivity contribution in [2.45, 2.75) is 0 Å². The van der Waals surface area contributed by atoms with Crippen LogP contribution in [0.3, 0.4) is 0 Å². The zero-order valence-corrected chi connectivity index (χ0v) is 21.3. The number of ether oxygens (including phenoxy) is 2. The molecule has 0 spiro atoms. The number of nitrogens with one attached hydrogen (secondary N) is 1. The second-order valence-electron chi connectivity index (χ2n) is 8.10. The summed E-state index contributed by atoms with van der Waals surface area (Å²) in [6, 6.07) is 18.4. The summed E-state index contributed by atoms with van der Waals surface area (Å²) < 4.78 is 10.7. The van der Waals surface area contributed by atoms with Gasteiger partial charge in [0.2, 0.25) is 0 Å². The highest BCUT2D eigenvalue weighted by atomic mass is 32.2. The number of anilines is 1. The Hall–Kier alpha value is -4.97. The van der Waals surface area contributed by atoms with Gasteiger partial charge in [0.1, 0.15) is 11.5 Å². The van der Waals surface area contributed by atoms with Crippen molar-refractivity contribution >= 4 is 52.0 Å². The number of nitrogens with zero attached hydrogens (tertiary/aromatic N) is 2. The van der Waals surface area contributed by atoms with Crippen LogP contribution in [0.25, 0.3) is 6.08 Å². The molecule has 1 aliphatic heterocycles. The maximum atomic E-state index is 12.8. The van der Waals surface area contributed by atoms with Gasteiger partial charge in [0.15, 0.2) is 12.4 Å². The van der Waals surface area contributed by atoms with Crippen molar-refractivity contribution in [1.29, 1.82) is 0 Å². The first kappa shape index (κ1) is 27.1.